The number of carbonyl (C=O) groups is 2. The van der Waals surface area contributed by atoms with E-state index in [1.54, 1.807) is 38.1 Å². The Morgan fingerprint density at radius 2 is 1.07 bits per heavy atom. The van der Waals surface area contributed by atoms with Gasteiger partial charge in [-0.25, -0.2) is 9.59 Å². The summed E-state index contributed by atoms with van der Waals surface area (Å²) >= 11 is 0. The van der Waals surface area contributed by atoms with Gasteiger partial charge in [0.15, 0.2) is 13.2 Å². The number of rotatable bonds is 19. The molecule has 0 aliphatic rings. The van der Waals surface area contributed by atoms with Crippen LogP contribution in [0.1, 0.15) is 44.2 Å². The topological polar surface area (TPSA) is 130 Å². The highest BCUT2D eigenvalue weighted by molar-refractivity contribution is 5.81. The summed E-state index contributed by atoms with van der Waals surface area (Å²) in [4.78, 5) is 22.9. The van der Waals surface area contributed by atoms with E-state index < -0.39 is 36.7 Å². The first-order valence-electron chi connectivity index (χ1n) is 13.4. The van der Waals surface area contributed by atoms with E-state index in [2.05, 4.69) is 20.1 Å². The van der Waals surface area contributed by atoms with Crippen molar-refractivity contribution < 1.29 is 48.2 Å². The van der Waals surface area contributed by atoms with E-state index in [1.165, 1.54) is 0 Å². The van der Waals surface area contributed by atoms with Gasteiger partial charge in [0.25, 0.3) is 0 Å². The minimum absolute atomic E-state index is 0.0133. The second-order valence-electron chi connectivity index (χ2n) is 9.23. The van der Waals surface area contributed by atoms with Crippen LogP contribution in [-0.4, -0.2) is 73.4 Å². The Balaban J connectivity index is 2.08. The maximum atomic E-state index is 11.4. The number of hydrogen-bond acceptors (Lipinski definition) is 10. The first-order chi connectivity index (χ1) is 19.6. The summed E-state index contributed by atoms with van der Waals surface area (Å²) in [6, 6.07) is 15.0. The number of esters is 2. The average Bonchev–Trinajstić information content (AvgIpc) is 2.97. The van der Waals surface area contributed by atoms with Crippen molar-refractivity contribution in [2.45, 2.75) is 57.9 Å². The van der Waals surface area contributed by atoms with Crippen LogP contribution in [0.25, 0.3) is 0 Å². The Labute approximate surface area is 241 Å². The van der Waals surface area contributed by atoms with Crippen LogP contribution in [-0.2, 0) is 28.5 Å². The van der Waals surface area contributed by atoms with Gasteiger partial charge in [-0.1, -0.05) is 44.3 Å². The summed E-state index contributed by atoms with van der Waals surface area (Å²) in [5.74, 6) is -0.0905. The summed E-state index contributed by atoms with van der Waals surface area (Å²) in [6.45, 7) is 11.7. The van der Waals surface area contributed by atoms with Gasteiger partial charge >= 0.3 is 11.9 Å². The molecule has 0 spiro atoms. The number of carbonyl (C=O) groups excluding carboxylic acids is 2. The van der Waals surface area contributed by atoms with E-state index in [1.807, 2.05) is 24.3 Å². The predicted octanol–water partition coefficient (Wildman–Crippen LogP) is 3.89. The summed E-state index contributed by atoms with van der Waals surface area (Å²) in [6.07, 6.45) is -0.291. The summed E-state index contributed by atoms with van der Waals surface area (Å²) in [5, 5.41) is 19.1. The molecular weight excluding hydrogens is 532 g/mol. The number of aliphatic hydroxyl groups excluding tert-OH is 2. The van der Waals surface area contributed by atoms with Gasteiger partial charge in [-0.3, -0.25) is 0 Å². The van der Waals surface area contributed by atoms with E-state index in [4.69, 9.17) is 28.4 Å². The van der Waals surface area contributed by atoms with Crippen LogP contribution in [0, 0.1) is 0 Å². The molecule has 4 unspecified atom stereocenters. The van der Waals surface area contributed by atoms with Crippen molar-refractivity contribution >= 4 is 11.9 Å². The average molecular weight is 573 g/mol. The Bertz CT molecular complexity index is 994. The van der Waals surface area contributed by atoms with Crippen LogP contribution in [0.2, 0.25) is 0 Å². The van der Waals surface area contributed by atoms with Gasteiger partial charge in [0.05, 0.1) is 25.4 Å². The lowest BCUT2D eigenvalue weighted by atomic mass is 9.89. The van der Waals surface area contributed by atoms with Crippen molar-refractivity contribution in [3.63, 3.8) is 0 Å². The van der Waals surface area contributed by atoms with Crippen LogP contribution in [0.15, 0.2) is 73.8 Å². The Kier molecular flexibility index (Phi) is 14.6. The van der Waals surface area contributed by atoms with E-state index in [0.29, 0.717) is 11.5 Å². The molecule has 41 heavy (non-hydrogen) atoms. The molecule has 0 bridgehead atoms. The van der Waals surface area contributed by atoms with Crippen molar-refractivity contribution in [2.75, 3.05) is 26.4 Å². The lowest BCUT2D eigenvalue weighted by molar-refractivity contribution is -0.160. The highest BCUT2D eigenvalue weighted by Gasteiger charge is 2.18. The van der Waals surface area contributed by atoms with Crippen LogP contribution >= 0.6 is 0 Å². The van der Waals surface area contributed by atoms with Gasteiger partial charge in [-0.15, -0.1) is 0 Å². The first kappa shape index (κ1) is 33.5. The number of aliphatic hydroxyl groups is 2. The molecule has 0 aromatic heterocycles. The summed E-state index contributed by atoms with van der Waals surface area (Å²) in [5.41, 5.74) is 2.12. The molecule has 0 amide bonds. The fraction of sp³-hybridized carbons (Fsp3) is 0.419. The van der Waals surface area contributed by atoms with Crippen molar-refractivity contribution in [1.82, 2.24) is 0 Å². The van der Waals surface area contributed by atoms with Gasteiger partial charge in [-0.2, -0.15) is 0 Å². The molecule has 0 saturated carbocycles. The second-order valence-corrected chi connectivity index (χ2v) is 9.23. The molecule has 2 N–H and O–H groups in total. The third-order valence-electron chi connectivity index (χ3n) is 5.61. The highest BCUT2D eigenvalue weighted by atomic mass is 16.7. The second kappa shape index (κ2) is 17.9. The maximum absolute atomic E-state index is 11.4. The van der Waals surface area contributed by atoms with Crippen LogP contribution in [0.5, 0.6) is 11.5 Å². The SMILES string of the molecule is C=CC(=O)OCC(OCC(C)O)Oc1ccc(C(CC)c2ccc(OC(COC(=O)C=C)OCC(C)O)cc2)cc1. The molecule has 2 aromatic carbocycles. The van der Waals surface area contributed by atoms with Crippen molar-refractivity contribution in [3.05, 3.63) is 85.0 Å². The van der Waals surface area contributed by atoms with Gasteiger partial charge < -0.3 is 38.6 Å². The molecule has 224 valence electrons. The van der Waals surface area contributed by atoms with E-state index >= 15 is 0 Å². The summed E-state index contributed by atoms with van der Waals surface area (Å²) in [7, 11) is 0. The molecule has 0 heterocycles. The minimum Gasteiger partial charge on any atom is -0.461 e. The van der Waals surface area contributed by atoms with Crippen LogP contribution < -0.4 is 9.47 Å². The zero-order valence-electron chi connectivity index (χ0n) is 23.8. The zero-order chi connectivity index (χ0) is 30.2. The normalized spacial score (nSPS) is 14.6. The number of hydrogen-bond donors (Lipinski definition) is 2. The van der Waals surface area contributed by atoms with Crippen LogP contribution in [0.4, 0.5) is 0 Å². The molecule has 10 nitrogen and oxygen atoms in total. The Morgan fingerprint density at radius 3 is 1.37 bits per heavy atom. The maximum Gasteiger partial charge on any atom is 0.330 e. The van der Waals surface area contributed by atoms with Gasteiger partial charge in [-0.05, 0) is 55.7 Å². The van der Waals surface area contributed by atoms with E-state index in [9.17, 15) is 19.8 Å². The third-order valence-corrected chi connectivity index (χ3v) is 5.61. The molecule has 0 aliphatic heterocycles. The summed E-state index contributed by atoms with van der Waals surface area (Å²) < 4.78 is 32.8. The monoisotopic (exact) mass is 572 g/mol. The van der Waals surface area contributed by atoms with Gasteiger partial charge in [0, 0.05) is 18.1 Å². The van der Waals surface area contributed by atoms with Gasteiger partial charge in [0.1, 0.15) is 11.5 Å². The molecule has 0 aliphatic carbocycles. The molecule has 0 saturated heterocycles. The number of benzene rings is 2. The Hall–Kier alpha value is -3.70. The van der Waals surface area contributed by atoms with E-state index in [-0.39, 0.29) is 32.3 Å². The van der Waals surface area contributed by atoms with Crippen molar-refractivity contribution in [3.8, 4) is 11.5 Å². The third kappa shape index (κ3) is 12.6. The first-order valence-corrected chi connectivity index (χ1v) is 13.4. The molecule has 2 rings (SSSR count). The molecule has 0 fully saturated rings. The van der Waals surface area contributed by atoms with Crippen molar-refractivity contribution in [2.24, 2.45) is 0 Å². The predicted molar refractivity (Wildman–Crippen MR) is 151 cm³/mol. The quantitative estimate of drug-likeness (QED) is 0.145. The Morgan fingerprint density at radius 1 is 0.707 bits per heavy atom. The molecule has 0 radical (unpaired) electrons. The lowest BCUT2D eigenvalue weighted by Gasteiger charge is -2.22. The smallest absolute Gasteiger partial charge is 0.330 e. The molecular formula is C31H40O10. The number of ether oxygens (including phenoxy) is 6. The minimum atomic E-state index is -0.900. The fourth-order valence-electron chi connectivity index (χ4n) is 3.67. The molecule has 10 heteroatoms. The highest BCUT2D eigenvalue weighted by Crippen LogP contribution is 2.31. The van der Waals surface area contributed by atoms with E-state index in [0.717, 1.165) is 29.7 Å². The van der Waals surface area contributed by atoms with Gasteiger partial charge in [0.2, 0.25) is 12.6 Å². The standard InChI is InChI=1S/C31H40O10/c1-6-27(23-9-13-25(14-10-23)40-30(38-17-21(4)32)19-36-28(34)7-2)24-11-15-26(16-12-24)41-31(39-18-22(5)33)20-37-29(35)8-3/h7-16,21-22,27,30-33H,2-3,6,17-20H2,1,4-5H3. The molecule has 2 aromatic rings. The fourth-order valence-corrected chi connectivity index (χ4v) is 3.67. The largest absolute Gasteiger partial charge is 0.461 e. The lowest BCUT2D eigenvalue weighted by Crippen LogP contribution is -2.30. The molecule has 4 atom stereocenters. The zero-order valence-corrected chi connectivity index (χ0v) is 23.8. The van der Waals surface area contributed by atoms with Crippen molar-refractivity contribution in [1.29, 1.82) is 0 Å². The van der Waals surface area contributed by atoms with Crippen LogP contribution in [0.3, 0.4) is 0 Å².